The smallest absolute Gasteiger partial charge is 0.264 e. The highest BCUT2D eigenvalue weighted by Gasteiger charge is 2.47. The Morgan fingerprint density at radius 1 is 0.597 bits per heavy atom. The minimum absolute atomic E-state index is 0.0228. The fourth-order valence-corrected chi connectivity index (χ4v) is 14.9. The number of thiophene rings is 1. The van der Waals surface area contributed by atoms with Gasteiger partial charge in [0.05, 0.1) is 16.8 Å². The van der Waals surface area contributed by atoms with Gasteiger partial charge in [0.25, 0.3) is 6.71 Å². The summed E-state index contributed by atoms with van der Waals surface area (Å²) < 4.78 is 9.51. The average Bonchev–Trinajstić information content (AvgIpc) is 4.08. The van der Waals surface area contributed by atoms with E-state index in [1.807, 2.05) is 11.3 Å². The predicted molar refractivity (Wildman–Crippen MR) is 331 cm³/mol. The van der Waals surface area contributed by atoms with Crippen LogP contribution in [0.15, 0.2) is 173 Å². The van der Waals surface area contributed by atoms with E-state index in [-0.39, 0.29) is 28.4 Å². The quantitative estimate of drug-likeness (QED) is 0.160. The van der Waals surface area contributed by atoms with Gasteiger partial charge in [-0.1, -0.05) is 167 Å². The summed E-state index contributed by atoms with van der Waals surface area (Å²) in [7, 11) is 0. The van der Waals surface area contributed by atoms with E-state index in [0.717, 1.165) is 48.4 Å². The van der Waals surface area contributed by atoms with E-state index in [9.17, 15) is 0 Å². The second kappa shape index (κ2) is 16.9. The molecule has 6 heteroatoms. The van der Waals surface area contributed by atoms with Crippen LogP contribution in [0.25, 0.3) is 38.3 Å². The predicted octanol–water partition coefficient (Wildman–Crippen LogP) is 18.4. The fourth-order valence-electron chi connectivity index (χ4n) is 13.6. The Morgan fingerprint density at radius 2 is 1.29 bits per heavy atom. The topological polar surface area (TPSA) is 22.9 Å². The molecule has 9 aromatic rings. The molecule has 0 amide bonds. The highest BCUT2D eigenvalue weighted by molar-refractivity contribution is 7.33. The molecule has 0 saturated carbocycles. The van der Waals surface area contributed by atoms with Crippen molar-refractivity contribution in [1.82, 2.24) is 0 Å². The fraction of sp³-hybridized carbons (Fsp3) is 0.268. The summed E-state index contributed by atoms with van der Waals surface area (Å²) in [6, 6.07) is 54.2. The van der Waals surface area contributed by atoms with Crippen LogP contribution in [0.2, 0.25) is 0 Å². The van der Waals surface area contributed by atoms with E-state index in [1.165, 1.54) is 116 Å². The minimum atomic E-state index is -0.114. The minimum Gasteiger partial charge on any atom is -0.460 e. The van der Waals surface area contributed by atoms with Gasteiger partial charge in [0.15, 0.2) is 0 Å². The second-order valence-corrected chi connectivity index (χ2v) is 27.1. The molecule has 0 N–H and O–H groups in total. The lowest BCUT2D eigenvalue weighted by atomic mass is 9.36. The third-order valence-electron chi connectivity index (χ3n) is 17.8. The molecule has 14 rings (SSSR count). The number of hydrogen-bond acceptors (Lipinski definition) is 5. The van der Waals surface area contributed by atoms with Gasteiger partial charge < -0.3 is 19.1 Å². The van der Waals surface area contributed by atoms with Crippen LogP contribution in [0.3, 0.4) is 0 Å². The largest absolute Gasteiger partial charge is 0.460 e. The molecule has 2 aromatic heterocycles. The SMILES string of the molecule is CC(C)(C)C1=CC=C(N(c2ccc(C(C)(C)C)cc2)c2ccc3c(c2)N(c2cccc4oc5c(c24)C=CCC5)c2cccc4c2B3c2sc3cc5c(cc3c2N4c2ccc(C(C)(C)C)cc2)-c2ccccc2C5(C)C)CC1. The zero-order valence-corrected chi connectivity index (χ0v) is 47.5. The van der Waals surface area contributed by atoms with Crippen molar-refractivity contribution in [3.8, 4) is 11.1 Å². The van der Waals surface area contributed by atoms with Crippen LogP contribution in [-0.4, -0.2) is 6.71 Å². The first-order valence-electron chi connectivity index (χ1n) is 28.0. The van der Waals surface area contributed by atoms with Crippen molar-refractivity contribution in [2.75, 3.05) is 14.7 Å². The normalized spacial score (nSPS) is 16.2. The summed E-state index contributed by atoms with van der Waals surface area (Å²) in [4.78, 5) is 7.77. The molecule has 0 unspecified atom stereocenters. The van der Waals surface area contributed by atoms with Crippen LogP contribution >= 0.6 is 11.3 Å². The molecule has 0 spiro atoms. The molecule has 77 heavy (non-hydrogen) atoms. The number of allylic oxidation sites excluding steroid dienone is 5. The Labute approximate surface area is 460 Å². The van der Waals surface area contributed by atoms with E-state index in [2.05, 4.69) is 255 Å². The second-order valence-electron chi connectivity index (χ2n) is 26.0. The van der Waals surface area contributed by atoms with E-state index in [4.69, 9.17) is 4.42 Å². The average molecular weight is 1020 g/mol. The Hall–Kier alpha value is -7.28. The number of anilines is 8. The van der Waals surface area contributed by atoms with Crippen molar-refractivity contribution in [1.29, 1.82) is 0 Å². The van der Waals surface area contributed by atoms with Crippen LogP contribution in [0, 0.1) is 5.41 Å². The van der Waals surface area contributed by atoms with E-state index in [1.54, 1.807) is 0 Å². The lowest BCUT2D eigenvalue weighted by Crippen LogP contribution is -2.60. The molecule has 7 aromatic carbocycles. The van der Waals surface area contributed by atoms with Crippen LogP contribution < -0.4 is 30.4 Å². The number of benzene rings is 7. The number of fused-ring (bicyclic) bond motifs is 12. The Balaban J connectivity index is 1.05. The van der Waals surface area contributed by atoms with Gasteiger partial charge in [0, 0.05) is 72.1 Å². The number of aryl methyl sites for hydroxylation is 1. The van der Waals surface area contributed by atoms with Gasteiger partial charge in [0.1, 0.15) is 11.3 Å². The maximum absolute atomic E-state index is 6.79. The van der Waals surface area contributed by atoms with Gasteiger partial charge in [-0.05, 0) is 159 Å². The molecule has 0 saturated heterocycles. The molecular weight excluding hydrogens is 954 g/mol. The number of hydrogen-bond donors (Lipinski definition) is 0. The lowest BCUT2D eigenvalue weighted by molar-refractivity contribution is 0.479. The molecule has 3 aliphatic carbocycles. The standard InChI is InChI=1S/C71H68BN3OS/c1-68(2,3)43-26-32-46(33-27-43)73(47-34-28-44(29-35-47)69(4,5)6)49-38-39-56-60(40-49)75(57-21-17-25-62-64(57)51-19-13-15-24-61(51)76-62)59-23-16-22-58-65(59)72(56)67-66(74(58)48-36-30-45(31-37-48)70(7,8)9)53-41-52-50-18-12-14-20-54(50)71(10,11)55(52)42-63(53)77-67/h12-14,16-23,25-28,30-34,36-42H,15,24,29,35H2,1-11H3. The Bertz CT molecular complexity index is 4030. The van der Waals surface area contributed by atoms with Crippen molar-refractivity contribution in [2.45, 2.75) is 118 Å². The zero-order chi connectivity index (χ0) is 53.1. The van der Waals surface area contributed by atoms with Crippen LogP contribution in [0.4, 0.5) is 45.5 Å². The van der Waals surface area contributed by atoms with Gasteiger partial charge in [-0.3, -0.25) is 0 Å². The molecular formula is C71H68BN3OS. The van der Waals surface area contributed by atoms with Crippen LogP contribution in [-0.2, 0) is 22.7 Å². The van der Waals surface area contributed by atoms with Crippen LogP contribution in [0.1, 0.15) is 129 Å². The lowest BCUT2D eigenvalue weighted by Gasteiger charge is -2.43. The monoisotopic (exact) mass is 1020 g/mol. The number of rotatable bonds is 5. The first-order valence-corrected chi connectivity index (χ1v) is 28.9. The van der Waals surface area contributed by atoms with Gasteiger partial charge in [-0.25, -0.2) is 0 Å². The molecule has 2 aliphatic heterocycles. The third-order valence-corrected chi connectivity index (χ3v) is 19.0. The van der Waals surface area contributed by atoms with E-state index in [0.29, 0.717) is 0 Å². The summed E-state index contributed by atoms with van der Waals surface area (Å²) in [5.74, 6) is 1.07. The molecule has 0 atom stereocenters. The van der Waals surface area contributed by atoms with E-state index >= 15 is 0 Å². The number of furan rings is 1. The molecule has 0 fully saturated rings. The molecule has 4 heterocycles. The molecule has 0 bridgehead atoms. The van der Waals surface area contributed by atoms with Gasteiger partial charge >= 0.3 is 0 Å². The highest BCUT2D eigenvalue weighted by Crippen LogP contribution is 2.55. The first-order chi connectivity index (χ1) is 36.8. The van der Waals surface area contributed by atoms with Gasteiger partial charge in [0.2, 0.25) is 0 Å². The van der Waals surface area contributed by atoms with Crippen molar-refractivity contribution < 1.29 is 4.42 Å². The number of nitrogens with zero attached hydrogens (tertiary/aromatic N) is 3. The summed E-state index contributed by atoms with van der Waals surface area (Å²) >= 11 is 2.00. The maximum atomic E-state index is 6.79. The molecule has 0 radical (unpaired) electrons. The zero-order valence-electron chi connectivity index (χ0n) is 46.7. The molecule has 5 aliphatic rings. The van der Waals surface area contributed by atoms with E-state index < -0.39 is 0 Å². The summed E-state index contributed by atoms with van der Waals surface area (Å²) in [5, 5.41) is 2.48. The first kappa shape index (κ1) is 48.1. The molecule has 4 nitrogen and oxygen atoms in total. The van der Waals surface area contributed by atoms with Crippen molar-refractivity contribution in [2.24, 2.45) is 5.41 Å². The van der Waals surface area contributed by atoms with Crippen molar-refractivity contribution >= 4 is 106 Å². The Kier molecular flexibility index (Phi) is 10.5. The molecule has 382 valence electrons. The third kappa shape index (κ3) is 7.37. The maximum Gasteiger partial charge on any atom is 0.264 e. The van der Waals surface area contributed by atoms with Gasteiger partial charge in [-0.2, -0.15) is 0 Å². The highest BCUT2D eigenvalue weighted by atomic mass is 32.1. The summed E-state index contributed by atoms with van der Waals surface area (Å²) in [6.45, 7) is 25.7. The van der Waals surface area contributed by atoms with Crippen molar-refractivity contribution in [3.05, 3.63) is 203 Å². The van der Waals surface area contributed by atoms with Crippen LogP contribution in [0.5, 0.6) is 0 Å². The van der Waals surface area contributed by atoms with Crippen molar-refractivity contribution in [3.63, 3.8) is 0 Å². The Morgan fingerprint density at radius 3 is 2.00 bits per heavy atom. The van der Waals surface area contributed by atoms with Gasteiger partial charge in [-0.15, -0.1) is 11.3 Å². The summed E-state index contributed by atoms with van der Waals surface area (Å²) in [6.07, 6.45) is 13.3. The summed E-state index contributed by atoms with van der Waals surface area (Å²) in [5.41, 5.74) is 25.4.